The van der Waals surface area contributed by atoms with Crippen LogP contribution in [0, 0.1) is 6.92 Å². The highest BCUT2D eigenvalue weighted by Crippen LogP contribution is 2.35. The van der Waals surface area contributed by atoms with Gasteiger partial charge in [0.05, 0.1) is 30.5 Å². The quantitative estimate of drug-likeness (QED) is 0.230. The summed E-state index contributed by atoms with van der Waals surface area (Å²) in [6, 6.07) is 20.3. The topological polar surface area (TPSA) is 79.7 Å². The van der Waals surface area contributed by atoms with Gasteiger partial charge in [-0.2, -0.15) is 5.10 Å². The largest absolute Gasteiger partial charge is 0.494 e. The zero-order valence-corrected chi connectivity index (χ0v) is 20.9. The van der Waals surface area contributed by atoms with Crippen molar-refractivity contribution in [1.82, 2.24) is 9.78 Å². The molecule has 37 heavy (non-hydrogen) atoms. The highest BCUT2D eigenvalue weighted by atomic mass is 16.5. The number of hydrogen-bond acceptors (Lipinski definition) is 6. The van der Waals surface area contributed by atoms with Crippen molar-refractivity contribution in [3.05, 3.63) is 101 Å². The molecule has 186 valence electrons. The summed E-state index contributed by atoms with van der Waals surface area (Å²) >= 11 is 0. The van der Waals surface area contributed by atoms with Crippen LogP contribution in [0.5, 0.6) is 11.5 Å². The molecule has 1 aliphatic heterocycles. The van der Waals surface area contributed by atoms with Crippen molar-refractivity contribution in [2.75, 3.05) is 13.7 Å². The lowest BCUT2D eigenvalue weighted by Crippen LogP contribution is -2.03. The van der Waals surface area contributed by atoms with E-state index in [9.17, 15) is 9.59 Å². The van der Waals surface area contributed by atoms with Crippen LogP contribution in [0.3, 0.4) is 0 Å². The van der Waals surface area contributed by atoms with Crippen molar-refractivity contribution in [3.63, 3.8) is 0 Å². The number of para-hydroxylation sites is 1. The van der Waals surface area contributed by atoms with E-state index in [-0.39, 0.29) is 17.1 Å². The molecule has 0 saturated heterocycles. The van der Waals surface area contributed by atoms with E-state index in [1.807, 2.05) is 61.7 Å². The molecule has 0 N–H and O–H groups in total. The second-order valence-corrected chi connectivity index (χ2v) is 8.68. The zero-order valence-electron chi connectivity index (χ0n) is 20.9. The number of benzene rings is 3. The van der Waals surface area contributed by atoms with Gasteiger partial charge in [-0.25, -0.2) is 9.48 Å². The van der Waals surface area contributed by atoms with Crippen LogP contribution in [-0.4, -0.2) is 35.2 Å². The fourth-order valence-electron chi connectivity index (χ4n) is 4.20. The molecule has 1 aliphatic rings. The number of ether oxygens (including phenoxy) is 3. The van der Waals surface area contributed by atoms with Gasteiger partial charge >= 0.3 is 5.97 Å². The van der Waals surface area contributed by atoms with E-state index >= 15 is 0 Å². The predicted molar refractivity (Wildman–Crippen MR) is 140 cm³/mol. The first-order valence-corrected chi connectivity index (χ1v) is 12.0. The van der Waals surface area contributed by atoms with E-state index in [4.69, 9.17) is 19.3 Å². The summed E-state index contributed by atoms with van der Waals surface area (Å²) in [4.78, 5) is 25.1. The minimum absolute atomic E-state index is 0.159. The average Bonchev–Trinajstić information content (AvgIpc) is 3.48. The van der Waals surface area contributed by atoms with E-state index in [1.54, 1.807) is 22.9 Å². The lowest BCUT2D eigenvalue weighted by atomic mass is 10.0. The molecule has 0 amide bonds. The summed E-state index contributed by atoms with van der Waals surface area (Å²) in [6.07, 6.45) is 4.50. The standard InChI is InChI=1S/C30H26N2O5/c1-4-14-36-23-11-12-24(19(2)15-23)28-21(18-32(31-28)22-8-6-5-7-9-22)17-27-29(33)25-16-20(30(34)35-3)10-13-26(25)37-27/h5-13,15-18H,4,14H2,1-3H3/b27-17-. The molecular weight excluding hydrogens is 468 g/mol. The third-order valence-electron chi connectivity index (χ3n) is 6.06. The number of Topliss-reactive ketones (excluding diaryl/α,β-unsaturated/α-hetero) is 1. The Morgan fingerprint density at radius 3 is 2.59 bits per heavy atom. The molecule has 0 bridgehead atoms. The van der Waals surface area contributed by atoms with Crippen molar-refractivity contribution in [2.24, 2.45) is 0 Å². The molecule has 0 radical (unpaired) electrons. The third kappa shape index (κ3) is 4.76. The average molecular weight is 495 g/mol. The van der Waals surface area contributed by atoms with Crippen molar-refractivity contribution in [1.29, 1.82) is 0 Å². The second kappa shape index (κ2) is 10.1. The van der Waals surface area contributed by atoms with E-state index in [2.05, 4.69) is 6.92 Å². The van der Waals surface area contributed by atoms with Crippen molar-refractivity contribution < 1.29 is 23.8 Å². The number of nitrogens with zero attached hydrogens (tertiary/aromatic N) is 2. The highest BCUT2D eigenvalue weighted by Gasteiger charge is 2.29. The van der Waals surface area contributed by atoms with Gasteiger partial charge < -0.3 is 14.2 Å². The number of fused-ring (bicyclic) bond motifs is 1. The molecule has 0 saturated carbocycles. The molecule has 0 aliphatic carbocycles. The van der Waals surface area contributed by atoms with Gasteiger partial charge in [-0.1, -0.05) is 25.1 Å². The smallest absolute Gasteiger partial charge is 0.337 e. The highest BCUT2D eigenvalue weighted by molar-refractivity contribution is 6.15. The summed E-state index contributed by atoms with van der Waals surface area (Å²) in [5.74, 6) is 0.540. The Balaban J connectivity index is 1.57. The molecule has 7 nitrogen and oxygen atoms in total. The summed E-state index contributed by atoms with van der Waals surface area (Å²) < 4.78 is 18.2. The number of rotatable bonds is 7. The molecule has 0 unspecified atom stereocenters. The normalized spacial score (nSPS) is 13.4. The van der Waals surface area contributed by atoms with E-state index in [0.717, 1.165) is 34.5 Å². The van der Waals surface area contributed by atoms with Crippen molar-refractivity contribution in [2.45, 2.75) is 20.3 Å². The van der Waals surface area contributed by atoms with Crippen LogP contribution < -0.4 is 9.47 Å². The number of ketones is 1. The SMILES string of the molecule is CCCOc1ccc(-c2nn(-c3ccccc3)cc2/C=C2\Oc3ccc(C(=O)OC)cc3C2=O)c(C)c1. The first kappa shape index (κ1) is 24.1. The zero-order chi connectivity index (χ0) is 25.9. The van der Waals surface area contributed by atoms with E-state index in [0.29, 0.717) is 23.6 Å². The Morgan fingerprint density at radius 2 is 1.86 bits per heavy atom. The maximum atomic E-state index is 13.2. The fourth-order valence-corrected chi connectivity index (χ4v) is 4.20. The molecule has 5 rings (SSSR count). The molecule has 2 heterocycles. The Hall–Kier alpha value is -4.65. The third-order valence-corrected chi connectivity index (χ3v) is 6.06. The molecule has 0 fully saturated rings. The van der Waals surface area contributed by atoms with Crippen LogP contribution in [0.15, 0.2) is 78.7 Å². The van der Waals surface area contributed by atoms with Crippen LogP contribution in [0.4, 0.5) is 0 Å². The Morgan fingerprint density at radius 1 is 1.05 bits per heavy atom. The lowest BCUT2D eigenvalue weighted by molar-refractivity contribution is 0.0600. The van der Waals surface area contributed by atoms with Crippen molar-refractivity contribution in [3.8, 4) is 28.4 Å². The van der Waals surface area contributed by atoms with Gasteiger partial charge in [-0.3, -0.25) is 4.79 Å². The molecular formula is C30H26N2O5. The summed E-state index contributed by atoms with van der Waals surface area (Å²) in [5, 5.41) is 4.87. The lowest BCUT2D eigenvalue weighted by Gasteiger charge is -2.09. The molecule has 0 spiro atoms. The Bertz CT molecular complexity index is 1520. The summed E-state index contributed by atoms with van der Waals surface area (Å²) in [5.41, 5.74) is 4.84. The van der Waals surface area contributed by atoms with Gasteiger partial charge in [0, 0.05) is 17.3 Å². The summed E-state index contributed by atoms with van der Waals surface area (Å²) in [7, 11) is 1.30. The van der Waals surface area contributed by atoms with Crippen LogP contribution in [-0.2, 0) is 4.74 Å². The second-order valence-electron chi connectivity index (χ2n) is 8.68. The number of hydrogen-bond donors (Lipinski definition) is 0. The maximum Gasteiger partial charge on any atom is 0.337 e. The van der Waals surface area contributed by atoms with Crippen LogP contribution in [0.1, 0.15) is 45.2 Å². The van der Waals surface area contributed by atoms with Crippen LogP contribution in [0.25, 0.3) is 23.0 Å². The molecule has 0 atom stereocenters. The van der Waals surface area contributed by atoms with Gasteiger partial charge in [-0.05, 0) is 73.5 Å². The van der Waals surface area contributed by atoms with Crippen molar-refractivity contribution >= 4 is 17.8 Å². The number of esters is 1. The Kier molecular flexibility index (Phi) is 6.60. The van der Waals surface area contributed by atoms with Gasteiger partial charge in [0.25, 0.3) is 0 Å². The minimum Gasteiger partial charge on any atom is -0.494 e. The first-order valence-electron chi connectivity index (χ1n) is 12.0. The predicted octanol–water partition coefficient (Wildman–Crippen LogP) is 6.04. The molecule has 7 heteroatoms. The van der Waals surface area contributed by atoms with E-state index < -0.39 is 5.97 Å². The van der Waals surface area contributed by atoms with Gasteiger partial charge in [-0.15, -0.1) is 0 Å². The number of carbonyl (C=O) groups is 2. The number of aryl methyl sites for hydroxylation is 1. The minimum atomic E-state index is -0.513. The number of aromatic nitrogens is 2. The van der Waals surface area contributed by atoms with Gasteiger partial charge in [0.1, 0.15) is 17.2 Å². The first-order chi connectivity index (χ1) is 18.0. The van der Waals surface area contributed by atoms with Crippen LogP contribution >= 0.6 is 0 Å². The van der Waals surface area contributed by atoms with E-state index in [1.165, 1.54) is 13.2 Å². The molecule has 1 aromatic heterocycles. The van der Waals surface area contributed by atoms with Gasteiger partial charge in [0.2, 0.25) is 5.78 Å². The number of allylic oxidation sites excluding steroid dienone is 1. The van der Waals surface area contributed by atoms with Crippen LogP contribution in [0.2, 0.25) is 0 Å². The monoisotopic (exact) mass is 494 g/mol. The molecule has 4 aromatic rings. The van der Waals surface area contributed by atoms with Gasteiger partial charge in [0.15, 0.2) is 5.76 Å². The molecule has 3 aromatic carbocycles. The summed E-state index contributed by atoms with van der Waals surface area (Å²) in [6.45, 7) is 4.72. The fraction of sp³-hybridized carbons (Fsp3) is 0.167. The number of carbonyl (C=O) groups excluding carboxylic acids is 2. The Labute approximate surface area is 214 Å². The maximum absolute atomic E-state index is 13.2. The number of methoxy groups -OCH3 is 1.